The van der Waals surface area contributed by atoms with Crippen molar-refractivity contribution in [2.24, 2.45) is 5.73 Å². The number of aryl methyl sites for hydroxylation is 1. The lowest BCUT2D eigenvalue weighted by Gasteiger charge is -2.15. The fourth-order valence-electron chi connectivity index (χ4n) is 3.44. The van der Waals surface area contributed by atoms with Crippen molar-refractivity contribution in [3.8, 4) is 0 Å². The van der Waals surface area contributed by atoms with Crippen LogP contribution in [0.15, 0.2) is 101 Å². The van der Waals surface area contributed by atoms with Crippen molar-refractivity contribution in [2.45, 2.75) is 38.4 Å². The number of rotatable bonds is 10. The van der Waals surface area contributed by atoms with Gasteiger partial charge >= 0.3 is 0 Å². The van der Waals surface area contributed by atoms with E-state index in [2.05, 4.69) is 16.0 Å². The van der Waals surface area contributed by atoms with Gasteiger partial charge in [0.1, 0.15) is 5.76 Å². The topological polar surface area (TPSA) is 109 Å². The van der Waals surface area contributed by atoms with E-state index >= 15 is 0 Å². The van der Waals surface area contributed by atoms with Gasteiger partial charge in [-0.3, -0.25) is 9.59 Å². The molecular weight excluding hydrogens is 496 g/mol. The van der Waals surface area contributed by atoms with E-state index in [0.29, 0.717) is 19.4 Å². The van der Waals surface area contributed by atoms with E-state index < -0.39 is 0 Å². The van der Waals surface area contributed by atoms with Crippen LogP contribution in [0.4, 0.5) is 0 Å². The Morgan fingerprint density at radius 2 is 1.39 bits per heavy atom. The monoisotopic (exact) mass is 534 g/mol. The molecule has 0 aliphatic heterocycles. The first-order chi connectivity index (χ1) is 18.4. The number of carbonyl (C=O) groups excluding carboxylic acids is 2. The third-order valence-electron chi connectivity index (χ3n) is 5.60. The van der Waals surface area contributed by atoms with E-state index in [4.69, 9.17) is 10.2 Å². The van der Waals surface area contributed by atoms with Crippen molar-refractivity contribution < 1.29 is 14.0 Å². The fraction of sp³-hybridized carbons (Fsp3) is 0.267. The van der Waals surface area contributed by atoms with Gasteiger partial charge in [0.25, 0.3) is 0 Å². The molecule has 2 heterocycles. The van der Waals surface area contributed by atoms with Crippen LogP contribution < -0.4 is 21.7 Å². The number of nitrogens with two attached hydrogens (primary N) is 1. The molecule has 5 N–H and O–H groups in total. The molecule has 0 saturated heterocycles. The van der Waals surface area contributed by atoms with Crippen LogP contribution in [0.3, 0.4) is 0 Å². The van der Waals surface area contributed by atoms with Gasteiger partial charge in [-0.15, -0.1) is 11.3 Å². The average molecular weight is 535 g/mol. The zero-order chi connectivity index (χ0) is 27.6. The number of thiophene rings is 1. The lowest BCUT2D eigenvalue weighted by Crippen LogP contribution is -2.43. The summed E-state index contributed by atoms with van der Waals surface area (Å²) in [7, 11) is 3.55. The molecule has 2 amide bonds. The molecule has 2 aromatic heterocycles. The van der Waals surface area contributed by atoms with Crippen molar-refractivity contribution in [1.29, 1.82) is 0 Å². The molecule has 0 fully saturated rings. The highest BCUT2D eigenvalue weighted by Crippen LogP contribution is 2.08. The normalized spacial score (nSPS) is 11.7. The number of hydrogen-bond acceptors (Lipinski definition) is 6. The van der Waals surface area contributed by atoms with Crippen LogP contribution >= 0.6 is 11.3 Å². The van der Waals surface area contributed by atoms with E-state index in [1.165, 1.54) is 4.88 Å². The molecule has 0 aliphatic carbocycles. The number of nitrogens with one attached hydrogen (secondary N) is 3. The summed E-state index contributed by atoms with van der Waals surface area (Å²) in [6.45, 7) is 2.52. The highest BCUT2D eigenvalue weighted by atomic mass is 32.1. The summed E-state index contributed by atoms with van der Waals surface area (Å²) in [5.74, 6) is 0.695. The number of furan rings is 1. The predicted molar refractivity (Wildman–Crippen MR) is 155 cm³/mol. The lowest BCUT2D eigenvalue weighted by atomic mass is 10.1. The number of amides is 2. The van der Waals surface area contributed by atoms with Crippen molar-refractivity contribution in [2.75, 3.05) is 14.1 Å². The summed E-state index contributed by atoms with van der Waals surface area (Å²) in [5.41, 5.74) is 7.47. The van der Waals surface area contributed by atoms with Crippen LogP contribution in [-0.2, 0) is 29.0 Å². The van der Waals surface area contributed by atoms with Crippen molar-refractivity contribution in [3.63, 3.8) is 0 Å². The predicted octanol–water partition coefficient (Wildman–Crippen LogP) is 4.09. The third kappa shape index (κ3) is 12.0. The lowest BCUT2D eigenvalue weighted by molar-refractivity contribution is -0.123. The van der Waals surface area contributed by atoms with Gasteiger partial charge in [0.05, 0.1) is 24.9 Å². The molecule has 0 bridgehead atoms. The van der Waals surface area contributed by atoms with Crippen molar-refractivity contribution in [3.05, 3.63) is 118 Å². The second-order valence-electron chi connectivity index (χ2n) is 8.49. The number of benzene rings is 2. The Morgan fingerprint density at radius 1 is 0.816 bits per heavy atom. The van der Waals surface area contributed by atoms with Crippen LogP contribution in [0.1, 0.15) is 21.8 Å². The highest BCUT2D eigenvalue weighted by molar-refractivity contribution is 7.09. The molecular formula is C30H38N4O3S. The van der Waals surface area contributed by atoms with E-state index in [1.54, 1.807) is 24.6 Å². The van der Waals surface area contributed by atoms with E-state index in [0.717, 1.165) is 16.9 Å². The summed E-state index contributed by atoms with van der Waals surface area (Å²) in [5, 5.41) is 10.9. The first-order valence-electron chi connectivity index (χ1n) is 12.4. The van der Waals surface area contributed by atoms with Crippen LogP contribution in [0.25, 0.3) is 0 Å². The van der Waals surface area contributed by atoms with Crippen LogP contribution in [0.5, 0.6) is 0 Å². The molecule has 0 saturated carbocycles. The summed E-state index contributed by atoms with van der Waals surface area (Å²) in [6, 6.07) is 27.2. The highest BCUT2D eigenvalue weighted by Gasteiger charge is 2.16. The maximum Gasteiger partial charge on any atom is 0.237 e. The van der Waals surface area contributed by atoms with Gasteiger partial charge in [-0.25, -0.2) is 0 Å². The van der Waals surface area contributed by atoms with Gasteiger partial charge in [-0.1, -0.05) is 66.7 Å². The first kappa shape index (κ1) is 30.5. The van der Waals surface area contributed by atoms with Gasteiger partial charge < -0.3 is 26.1 Å². The quantitative estimate of drug-likeness (QED) is 0.245. The van der Waals surface area contributed by atoms with Crippen LogP contribution in [-0.4, -0.2) is 38.0 Å². The Bertz CT molecular complexity index is 1150. The third-order valence-corrected chi connectivity index (χ3v) is 6.48. The fourth-order valence-corrected chi connectivity index (χ4v) is 4.09. The Hall–Kier alpha value is -3.72. The molecule has 4 aromatic rings. The zero-order valence-electron chi connectivity index (χ0n) is 22.2. The van der Waals surface area contributed by atoms with E-state index in [-0.39, 0.29) is 23.9 Å². The molecule has 2 unspecified atom stereocenters. The average Bonchev–Trinajstić information content (AvgIpc) is 3.65. The van der Waals surface area contributed by atoms with Crippen molar-refractivity contribution >= 4 is 23.2 Å². The molecule has 8 heteroatoms. The smallest absolute Gasteiger partial charge is 0.237 e. The Kier molecular flexibility index (Phi) is 14.2. The van der Waals surface area contributed by atoms with Crippen LogP contribution in [0.2, 0.25) is 0 Å². The zero-order valence-corrected chi connectivity index (χ0v) is 23.0. The van der Waals surface area contributed by atoms with E-state index in [1.807, 2.05) is 104 Å². The minimum Gasteiger partial charge on any atom is -0.470 e. The molecule has 202 valence electrons. The molecule has 7 nitrogen and oxygen atoms in total. The second kappa shape index (κ2) is 17.7. The summed E-state index contributed by atoms with van der Waals surface area (Å²) < 4.78 is 4.83. The Balaban J connectivity index is 0.000000229. The van der Waals surface area contributed by atoms with Crippen molar-refractivity contribution in [1.82, 2.24) is 16.0 Å². The molecule has 4 rings (SSSR count). The minimum absolute atomic E-state index is 0.0414. The summed E-state index contributed by atoms with van der Waals surface area (Å²) in [4.78, 5) is 24.2. The Labute approximate surface area is 229 Å². The number of hydrogen-bond donors (Lipinski definition) is 4. The minimum atomic E-state index is -0.314. The van der Waals surface area contributed by atoms with Gasteiger partial charge in [-0.2, -0.15) is 0 Å². The second-order valence-corrected chi connectivity index (χ2v) is 9.52. The molecule has 38 heavy (non-hydrogen) atoms. The van der Waals surface area contributed by atoms with Crippen LogP contribution in [0, 0.1) is 6.92 Å². The molecule has 0 aliphatic rings. The Morgan fingerprint density at radius 3 is 1.79 bits per heavy atom. The largest absolute Gasteiger partial charge is 0.470 e. The molecule has 0 radical (unpaired) electrons. The number of primary amides is 1. The maximum atomic E-state index is 12.1. The summed E-state index contributed by atoms with van der Waals surface area (Å²) in [6.07, 6.45) is 3.01. The van der Waals surface area contributed by atoms with Gasteiger partial charge in [0.2, 0.25) is 11.8 Å². The SMILES string of the molecule is CNC(Cc1ccccc1)C(=O)NCc1cccs1.CNC(Cc1ccccc1)C(N)=O.Cc1ccco1. The van der Waals surface area contributed by atoms with E-state index in [9.17, 15) is 9.59 Å². The summed E-state index contributed by atoms with van der Waals surface area (Å²) >= 11 is 1.65. The molecule has 0 spiro atoms. The van der Waals surface area contributed by atoms with Gasteiger partial charge in [0.15, 0.2) is 0 Å². The molecule has 2 atom stereocenters. The number of likely N-dealkylation sites (N-methyl/N-ethyl adjacent to an activating group) is 2. The number of carbonyl (C=O) groups is 2. The first-order valence-corrected chi connectivity index (χ1v) is 13.3. The van der Waals surface area contributed by atoms with Gasteiger partial charge in [0, 0.05) is 4.88 Å². The van der Waals surface area contributed by atoms with Gasteiger partial charge in [-0.05, 0) is 68.6 Å². The standard InChI is InChI=1S/C15H18N2OS.C10H14N2O.C5H6O/c1-16-14(10-12-6-3-2-4-7-12)15(18)17-11-13-8-5-9-19-13;1-12-9(10(11)13)7-8-5-3-2-4-6-8;1-5-3-2-4-6-5/h2-9,14,16H,10-11H2,1H3,(H,17,18);2-6,9,12H,7H2,1H3,(H2,11,13);2-4H,1H3. The molecule has 2 aromatic carbocycles. The maximum absolute atomic E-state index is 12.1.